The number of benzene rings is 4. The number of nitrogens with zero attached hydrogens (tertiary/aromatic N) is 2. The summed E-state index contributed by atoms with van der Waals surface area (Å²) in [6.45, 7) is -0.204. The Kier molecular flexibility index (Phi) is 15.1. The van der Waals surface area contributed by atoms with Crippen molar-refractivity contribution in [2.45, 2.75) is 70.2 Å². The van der Waals surface area contributed by atoms with Gasteiger partial charge < -0.3 is 35.6 Å². The third-order valence-electron chi connectivity index (χ3n) is 9.04. The lowest BCUT2D eigenvalue weighted by Gasteiger charge is -2.27. The summed E-state index contributed by atoms with van der Waals surface area (Å²) in [5.41, 5.74) is 5.03. The van der Waals surface area contributed by atoms with Crippen LogP contribution in [-0.4, -0.2) is 46.7 Å². The highest BCUT2D eigenvalue weighted by molar-refractivity contribution is 6.38. The number of anilines is 2. The Balaban J connectivity index is 0.000000219. The zero-order valence-corrected chi connectivity index (χ0v) is 33.4. The molecule has 296 valence electrons. The average molecular weight is 854 g/mol. The lowest BCUT2D eigenvalue weighted by atomic mass is 9.93. The number of nitrogens with one attached hydrogen (secondary N) is 3. The van der Waals surface area contributed by atoms with Gasteiger partial charge in [-0.3, -0.25) is 14.4 Å². The number of hydrogen-bond acceptors (Lipinski definition) is 9. The van der Waals surface area contributed by atoms with Crippen molar-refractivity contribution in [3.8, 4) is 23.6 Å². The predicted molar refractivity (Wildman–Crippen MR) is 218 cm³/mol. The highest BCUT2D eigenvalue weighted by Crippen LogP contribution is 2.37. The number of rotatable bonds is 15. The number of amides is 1. The molecule has 0 atom stereocenters. The first-order valence-corrected chi connectivity index (χ1v) is 19.4. The standard InChI is InChI=1S/C21H19Cl2N3O4.C20H18Cl2N2O3/c22-17-7-14(21(29)25-10-19(27)28)8-18(23)20(17)30-11-13-4-12(9-24)5-16(6-13)26-15-2-1-3-15;21-17-7-12(9-19(25)26)8-18(22)20(17)27-11-14-4-13(10-23)5-16(6-14)24-15-2-1-3-15/h4-8,15,26H,1-3,10-11H2,(H,25,29)(H,27,28);4-8,15,24H,1-3,9,11H2,(H,25,26). The zero-order valence-electron chi connectivity index (χ0n) is 30.3. The number of hydrogen-bond donors (Lipinski definition) is 5. The molecular formula is C41H37Cl4N5O7. The molecule has 0 bridgehead atoms. The fourth-order valence-electron chi connectivity index (χ4n) is 5.85. The Morgan fingerprint density at radius 3 is 1.44 bits per heavy atom. The maximum Gasteiger partial charge on any atom is 0.322 e. The minimum Gasteiger partial charge on any atom is -0.486 e. The van der Waals surface area contributed by atoms with Crippen molar-refractivity contribution in [2.24, 2.45) is 0 Å². The summed E-state index contributed by atoms with van der Waals surface area (Å²) in [7, 11) is 0. The Morgan fingerprint density at radius 2 is 1.07 bits per heavy atom. The van der Waals surface area contributed by atoms with Crippen molar-refractivity contribution in [1.29, 1.82) is 10.5 Å². The Bertz CT molecular complexity index is 2190. The fraction of sp³-hybridized carbons (Fsp3) is 0.293. The average Bonchev–Trinajstić information content (AvgIpc) is 3.12. The Morgan fingerprint density at radius 1 is 0.632 bits per heavy atom. The smallest absolute Gasteiger partial charge is 0.322 e. The Labute approximate surface area is 349 Å². The third kappa shape index (κ3) is 12.6. The number of nitriles is 2. The number of carbonyl (C=O) groups is 3. The molecule has 4 aromatic carbocycles. The lowest BCUT2D eigenvalue weighted by molar-refractivity contribution is -0.137. The summed E-state index contributed by atoms with van der Waals surface area (Å²) in [6.07, 6.45) is 6.75. The first kappa shape index (κ1) is 42.8. The predicted octanol–water partition coefficient (Wildman–Crippen LogP) is 9.26. The quantitative estimate of drug-likeness (QED) is 0.0765. The van der Waals surface area contributed by atoms with Crippen LogP contribution in [-0.2, 0) is 29.2 Å². The van der Waals surface area contributed by atoms with E-state index >= 15 is 0 Å². The molecule has 57 heavy (non-hydrogen) atoms. The molecule has 2 fully saturated rings. The topological polar surface area (TPSA) is 194 Å². The van der Waals surface area contributed by atoms with Crippen molar-refractivity contribution in [2.75, 3.05) is 17.2 Å². The number of halogens is 4. The number of carboxylic acids is 2. The molecule has 2 aliphatic rings. The van der Waals surface area contributed by atoms with E-state index in [9.17, 15) is 24.9 Å². The van der Waals surface area contributed by atoms with Gasteiger partial charge in [-0.2, -0.15) is 10.5 Å². The van der Waals surface area contributed by atoms with E-state index in [1.807, 2.05) is 18.2 Å². The Hall–Kier alpha value is -5.37. The first-order valence-electron chi connectivity index (χ1n) is 17.9. The second-order valence-corrected chi connectivity index (χ2v) is 15.1. The molecule has 0 heterocycles. The van der Waals surface area contributed by atoms with E-state index in [1.54, 1.807) is 18.2 Å². The second-order valence-electron chi connectivity index (χ2n) is 13.5. The van der Waals surface area contributed by atoms with Gasteiger partial charge in [0.1, 0.15) is 19.8 Å². The lowest BCUT2D eigenvalue weighted by Crippen LogP contribution is -2.29. The van der Waals surface area contributed by atoms with Crippen LogP contribution in [0.4, 0.5) is 11.4 Å². The molecule has 0 unspecified atom stereocenters. The van der Waals surface area contributed by atoms with E-state index in [2.05, 4.69) is 28.1 Å². The van der Waals surface area contributed by atoms with E-state index in [0.717, 1.165) is 48.2 Å². The fourth-order valence-corrected chi connectivity index (χ4v) is 7.09. The van der Waals surface area contributed by atoms with Crippen LogP contribution in [0.5, 0.6) is 11.5 Å². The van der Waals surface area contributed by atoms with Crippen LogP contribution < -0.4 is 25.4 Å². The van der Waals surface area contributed by atoms with Gasteiger partial charge in [-0.25, -0.2) is 0 Å². The van der Waals surface area contributed by atoms with Crippen LogP contribution in [0.3, 0.4) is 0 Å². The molecule has 6 rings (SSSR count). The molecule has 1 amide bonds. The van der Waals surface area contributed by atoms with Crippen LogP contribution in [0.15, 0.2) is 60.7 Å². The van der Waals surface area contributed by atoms with Gasteiger partial charge in [0.2, 0.25) is 0 Å². The van der Waals surface area contributed by atoms with Crippen molar-refractivity contribution in [1.82, 2.24) is 5.32 Å². The molecule has 0 aromatic heterocycles. The largest absolute Gasteiger partial charge is 0.486 e. The van der Waals surface area contributed by atoms with Crippen molar-refractivity contribution in [3.05, 3.63) is 114 Å². The van der Waals surface area contributed by atoms with E-state index < -0.39 is 24.4 Å². The molecule has 12 nitrogen and oxygen atoms in total. The van der Waals surface area contributed by atoms with Gasteiger partial charge in [0.05, 0.1) is 49.8 Å². The van der Waals surface area contributed by atoms with Crippen molar-refractivity contribution in [3.63, 3.8) is 0 Å². The molecule has 0 spiro atoms. The molecule has 5 N–H and O–H groups in total. The van der Waals surface area contributed by atoms with E-state index in [1.165, 1.54) is 37.1 Å². The minimum atomic E-state index is -1.16. The van der Waals surface area contributed by atoms with Crippen LogP contribution in [0.2, 0.25) is 20.1 Å². The molecule has 2 aliphatic carbocycles. The summed E-state index contributed by atoms with van der Waals surface area (Å²) >= 11 is 24.8. The molecule has 0 aliphatic heterocycles. The maximum absolute atomic E-state index is 12.0. The van der Waals surface area contributed by atoms with Crippen LogP contribution in [0, 0.1) is 22.7 Å². The third-order valence-corrected chi connectivity index (χ3v) is 10.2. The molecule has 4 aromatic rings. The minimum absolute atomic E-state index is 0.118. The highest BCUT2D eigenvalue weighted by Gasteiger charge is 2.20. The summed E-state index contributed by atoms with van der Waals surface area (Å²) in [6, 6.07) is 21.9. The molecular weight excluding hydrogens is 816 g/mol. The van der Waals surface area contributed by atoms with Gasteiger partial charge >= 0.3 is 11.9 Å². The van der Waals surface area contributed by atoms with Gasteiger partial charge in [0.25, 0.3) is 5.91 Å². The van der Waals surface area contributed by atoms with E-state index in [-0.39, 0.29) is 51.0 Å². The normalized spacial score (nSPS) is 13.3. The SMILES string of the molecule is N#Cc1cc(COc2c(Cl)cc(C(=O)NCC(=O)O)cc2Cl)cc(NC2CCC2)c1.N#Cc1cc(COc2c(Cl)cc(CC(=O)O)cc2Cl)cc(NC2CCC2)c1. The number of ether oxygens (including phenoxy) is 2. The first-order chi connectivity index (χ1) is 27.3. The van der Waals surface area contributed by atoms with Gasteiger partial charge in [0, 0.05) is 29.0 Å². The molecule has 2 saturated carbocycles. The molecule has 0 radical (unpaired) electrons. The van der Waals surface area contributed by atoms with Gasteiger partial charge in [-0.05, 0) is 116 Å². The zero-order chi connectivity index (χ0) is 41.1. The molecule has 0 saturated heterocycles. The van der Waals surface area contributed by atoms with Crippen LogP contribution in [0.1, 0.15) is 76.7 Å². The summed E-state index contributed by atoms with van der Waals surface area (Å²) in [4.78, 5) is 33.4. The van der Waals surface area contributed by atoms with Crippen molar-refractivity contribution < 1.29 is 34.1 Å². The monoisotopic (exact) mass is 851 g/mol. The summed E-state index contributed by atoms with van der Waals surface area (Å²) in [5, 5.41) is 45.9. The second kappa shape index (κ2) is 20.2. The number of carboxylic acid groups (broad SMARTS) is 2. The summed E-state index contributed by atoms with van der Waals surface area (Å²) < 4.78 is 11.5. The van der Waals surface area contributed by atoms with Gasteiger partial charge in [0.15, 0.2) is 11.5 Å². The molecule has 16 heteroatoms. The van der Waals surface area contributed by atoms with Crippen molar-refractivity contribution >= 4 is 75.6 Å². The van der Waals surface area contributed by atoms with Crippen LogP contribution in [0.25, 0.3) is 0 Å². The van der Waals surface area contributed by atoms with E-state index in [4.69, 9.17) is 66.1 Å². The van der Waals surface area contributed by atoms with Crippen LogP contribution >= 0.6 is 46.4 Å². The number of aliphatic carboxylic acids is 2. The maximum atomic E-state index is 12.0. The highest BCUT2D eigenvalue weighted by atomic mass is 35.5. The number of carbonyl (C=O) groups excluding carboxylic acids is 1. The van der Waals surface area contributed by atoms with E-state index in [0.29, 0.717) is 34.5 Å². The summed E-state index contributed by atoms with van der Waals surface area (Å²) in [5.74, 6) is -2.24. The van der Waals surface area contributed by atoms with Gasteiger partial charge in [-0.15, -0.1) is 0 Å². The van der Waals surface area contributed by atoms with Gasteiger partial charge in [-0.1, -0.05) is 46.4 Å².